The first-order valence-electron chi connectivity index (χ1n) is 8.56. The summed E-state index contributed by atoms with van der Waals surface area (Å²) in [4.78, 5) is 25.1. The second-order valence-corrected chi connectivity index (χ2v) is 6.11. The summed E-state index contributed by atoms with van der Waals surface area (Å²) in [6.45, 7) is 1.93. The SMILES string of the molecule is CCOC(=O)C1C(=O)CC(Nc2ccccc2F)=CC1c1ccccc1. The molecule has 0 bridgehead atoms. The molecule has 2 aromatic rings. The molecular weight excluding hydrogens is 333 g/mol. The molecule has 2 unspecified atom stereocenters. The van der Waals surface area contributed by atoms with Gasteiger partial charge in [-0.3, -0.25) is 9.59 Å². The molecule has 1 aliphatic rings. The molecule has 0 amide bonds. The first-order valence-corrected chi connectivity index (χ1v) is 8.56. The maximum Gasteiger partial charge on any atom is 0.317 e. The highest BCUT2D eigenvalue weighted by atomic mass is 19.1. The Labute approximate surface area is 151 Å². The van der Waals surface area contributed by atoms with Gasteiger partial charge >= 0.3 is 5.97 Å². The molecule has 0 saturated heterocycles. The third-order valence-electron chi connectivity index (χ3n) is 4.35. The Bertz CT molecular complexity index is 832. The van der Waals surface area contributed by atoms with Crippen LogP contribution < -0.4 is 5.32 Å². The summed E-state index contributed by atoms with van der Waals surface area (Å²) in [5.41, 5.74) is 1.72. The number of rotatable bonds is 5. The highest BCUT2D eigenvalue weighted by molar-refractivity contribution is 6.02. The van der Waals surface area contributed by atoms with E-state index in [-0.39, 0.29) is 18.8 Å². The zero-order chi connectivity index (χ0) is 18.5. The number of ketones is 1. The number of benzene rings is 2. The van der Waals surface area contributed by atoms with Gasteiger partial charge in [-0.2, -0.15) is 0 Å². The van der Waals surface area contributed by atoms with Gasteiger partial charge in [-0.25, -0.2) is 4.39 Å². The Morgan fingerprint density at radius 2 is 1.85 bits per heavy atom. The summed E-state index contributed by atoms with van der Waals surface area (Å²) < 4.78 is 19.0. The zero-order valence-corrected chi connectivity index (χ0v) is 14.4. The first kappa shape index (κ1) is 17.9. The van der Waals surface area contributed by atoms with Crippen LogP contribution in [0.3, 0.4) is 0 Å². The fourth-order valence-corrected chi connectivity index (χ4v) is 3.17. The average Bonchev–Trinajstić information content (AvgIpc) is 2.64. The number of hydrogen-bond donors (Lipinski definition) is 1. The van der Waals surface area contributed by atoms with E-state index < -0.39 is 23.6 Å². The van der Waals surface area contributed by atoms with Crippen LogP contribution in [0.5, 0.6) is 0 Å². The van der Waals surface area contributed by atoms with Gasteiger partial charge in [-0.1, -0.05) is 48.5 Å². The number of carbonyl (C=O) groups excluding carboxylic acids is 2. The van der Waals surface area contributed by atoms with E-state index >= 15 is 0 Å². The predicted molar refractivity (Wildman–Crippen MR) is 97.0 cm³/mol. The van der Waals surface area contributed by atoms with Crippen LogP contribution in [0.1, 0.15) is 24.8 Å². The minimum atomic E-state index is -0.886. The molecule has 0 radical (unpaired) electrons. The van der Waals surface area contributed by atoms with E-state index in [2.05, 4.69) is 5.32 Å². The van der Waals surface area contributed by atoms with Crippen molar-refractivity contribution in [2.45, 2.75) is 19.3 Å². The summed E-state index contributed by atoms with van der Waals surface area (Å²) in [7, 11) is 0. The summed E-state index contributed by atoms with van der Waals surface area (Å²) >= 11 is 0. The van der Waals surface area contributed by atoms with Crippen molar-refractivity contribution in [1.82, 2.24) is 0 Å². The van der Waals surface area contributed by atoms with Crippen molar-refractivity contribution in [3.63, 3.8) is 0 Å². The lowest BCUT2D eigenvalue weighted by molar-refractivity contribution is -0.152. The smallest absolute Gasteiger partial charge is 0.317 e. The van der Waals surface area contributed by atoms with Gasteiger partial charge in [0.25, 0.3) is 0 Å². The first-order chi connectivity index (χ1) is 12.6. The Morgan fingerprint density at radius 3 is 2.54 bits per heavy atom. The third-order valence-corrected chi connectivity index (χ3v) is 4.35. The highest BCUT2D eigenvalue weighted by Gasteiger charge is 2.39. The molecule has 0 aliphatic heterocycles. The Hall–Kier alpha value is -2.95. The van der Waals surface area contributed by atoms with Gasteiger partial charge in [0.15, 0.2) is 5.78 Å². The van der Waals surface area contributed by atoms with Crippen LogP contribution in [-0.4, -0.2) is 18.4 Å². The fourth-order valence-electron chi connectivity index (χ4n) is 3.17. The molecule has 134 valence electrons. The number of esters is 1. The molecule has 0 saturated carbocycles. The quantitative estimate of drug-likeness (QED) is 0.651. The maximum atomic E-state index is 13.9. The van der Waals surface area contributed by atoms with Crippen LogP contribution in [0.2, 0.25) is 0 Å². The van der Waals surface area contributed by atoms with Crippen LogP contribution in [0.25, 0.3) is 0 Å². The topological polar surface area (TPSA) is 55.4 Å². The van der Waals surface area contributed by atoms with E-state index in [9.17, 15) is 14.0 Å². The molecule has 0 spiro atoms. The lowest BCUT2D eigenvalue weighted by atomic mass is 9.77. The molecule has 0 aromatic heterocycles. The van der Waals surface area contributed by atoms with E-state index in [1.54, 1.807) is 25.1 Å². The number of Topliss-reactive ketones (excluding diaryl/α,β-unsaturated/α-hetero) is 1. The third kappa shape index (κ3) is 3.82. The van der Waals surface area contributed by atoms with Crippen molar-refractivity contribution in [3.8, 4) is 0 Å². The number of para-hydroxylation sites is 1. The van der Waals surface area contributed by atoms with Crippen molar-refractivity contribution in [3.05, 3.63) is 77.8 Å². The Balaban J connectivity index is 1.96. The van der Waals surface area contributed by atoms with Crippen molar-refractivity contribution in [2.75, 3.05) is 11.9 Å². The molecular formula is C21H20FNO3. The maximum absolute atomic E-state index is 13.9. The lowest BCUT2D eigenvalue weighted by Gasteiger charge is -2.28. The number of halogens is 1. The summed E-state index contributed by atoms with van der Waals surface area (Å²) in [5, 5.41) is 2.98. The molecule has 2 atom stereocenters. The van der Waals surface area contributed by atoms with Crippen molar-refractivity contribution in [2.24, 2.45) is 5.92 Å². The Kier molecular flexibility index (Phi) is 5.46. The normalized spacial score (nSPS) is 19.6. The van der Waals surface area contributed by atoms with E-state index in [1.807, 2.05) is 36.4 Å². The number of anilines is 1. The van der Waals surface area contributed by atoms with Gasteiger partial charge in [0, 0.05) is 18.0 Å². The number of nitrogens with one attached hydrogen (secondary N) is 1. The molecule has 5 heteroatoms. The van der Waals surface area contributed by atoms with Crippen molar-refractivity contribution in [1.29, 1.82) is 0 Å². The second kappa shape index (κ2) is 7.95. The van der Waals surface area contributed by atoms with Gasteiger partial charge in [0.05, 0.1) is 12.3 Å². The van der Waals surface area contributed by atoms with Gasteiger partial charge in [-0.05, 0) is 24.6 Å². The van der Waals surface area contributed by atoms with E-state index in [0.29, 0.717) is 11.4 Å². The van der Waals surface area contributed by atoms with E-state index in [4.69, 9.17) is 4.74 Å². The minimum absolute atomic E-state index is 0.0289. The van der Waals surface area contributed by atoms with Crippen molar-refractivity contribution < 1.29 is 18.7 Å². The van der Waals surface area contributed by atoms with Crippen LogP contribution in [0, 0.1) is 11.7 Å². The minimum Gasteiger partial charge on any atom is -0.465 e. The van der Waals surface area contributed by atoms with Crippen LogP contribution >= 0.6 is 0 Å². The number of ether oxygens (including phenoxy) is 1. The second-order valence-electron chi connectivity index (χ2n) is 6.11. The zero-order valence-electron chi connectivity index (χ0n) is 14.4. The molecule has 2 aromatic carbocycles. The predicted octanol–water partition coefficient (Wildman–Crippen LogP) is 4.06. The highest BCUT2D eigenvalue weighted by Crippen LogP contribution is 2.35. The molecule has 4 nitrogen and oxygen atoms in total. The van der Waals surface area contributed by atoms with Gasteiger partial charge in [-0.15, -0.1) is 0 Å². The number of hydrogen-bond acceptors (Lipinski definition) is 4. The molecule has 1 aliphatic carbocycles. The van der Waals surface area contributed by atoms with Crippen LogP contribution in [-0.2, 0) is 14.3 Å². The van der Waals surface area contributed by atoms with Gasteiger partial charge < -0.3 is 10.1 Å². The van der Waals surface area contributed by atoms with Crippen LogP contribution in [0.4, 0.5) is 10.1 Å². The van der Waals surface area contributed by atoms with Gasteiger partial charge in [0.2, 0.25) is 0 Å². The molecule has 26 heavy (non-hydrogen) atoms. The molecule has 0 fully saturated rings. The molecule has 0 heterocycles. The largest absolute Gasteiger partial charge is 0.465 e. The lowest BCUT2D eigenvalue weighted by Crippen LogP contribution is -2.35. The number of carbonyl (C=O) groups is 2. The summed E-state index contributed by atoms with van der Waals surface area (Å²) in [6, 6.07) is 15.6. The van der Waals surface area contributed by atoms with E-state index in [1.165, 1.54) is 6.07 Å². The molecule has 1 N–H and O–H groups in total. The van der Waals surface area contributed by atoms with E-state index in [0.717, 1.165) is 5.56 Å². The number of allylic oxidation sites excluding steroid dienone is 2. The monoisotopic (exact) mass is 353 g/mol. The Morgan fingerprint density at radius 1 is 1.15 bits per heavy atom. The fraction of sp³-hybridized carbons (Fsp3) is 0.238. The van der Waals surface area contributed by atoms with Crippen LogP contribution in [0.15, 0.2) is 66.4 Å². The van der Waals surface area contributed by atoms with Gasteiger partial charge in [0.1, 0.15) is 11.7 Å². The summed E-state index contributed by atoms with van der Waals surface area (Å²) in [6.07, 6.45) is 1.85. The molecule has 3 rings (SSSR count). The standard InChI is InChI=1S/C21H20FNO3/c1-2-26-21(25)20-16(14-8-4-3-5-9-14)12-15(13-19(20)24)23-18-11-7-6-10-17(18)22/h3-12,16,20,23H,2,13H2,1H3. The average molecular weight is 353 g/mol. The van der Waals surface area contributed by atoms with Crippen molar-refractivity contribution >= 4 is 17.4 Å². The summed E-state index contributed by atoms with van der Waals surface area (Å²) in [5.74, 6) is -2.50.